The van der Waals surface area contributed by atoms with Gasteiger partial charge in [0, 0.05) is 0 Å². The Bertz CT molecular complexity index is 625. The van der Waals surface area contributed by atoms with Gasteiger partial charge in [0.25, 0.3) is 0 Å². The van der Waals surface area contributed by atoms with Gasteiger partial charge < -0.3 is 0 Å². The van der Waals surface area contributed by atoms with E-state index in [1.807, 2.05) is 0 Å². The van der Waals surface area contributed by atoms with E-state index in [0.717, 1.165) is 9.25 Å². The van der Waals surface area contributed by atoms with Gasteiger partial charge >= 0.3 is 11.7 Å². The molecule has 0 spiro atoms. The van der Waals surface area contributed by atoms with Gasteiger partial charge in [-0.3, -0.25) is 5.73 Å². The molecule has 0 saturated heterocycles. The summed E-state index contributed by atoms with van der Waals surface area (Å²) < 4.78 is 28.6. The molecule has 0 aliphatic carbocycles. The Morgan fingerprint density at radius 2 is 1.84 bits per heavy atom. The van der Waals surface area contributed by atoms with E-state index < -0.39 is 17.6 Å². The number of aromatic nitrogens is 3. The first kappa shape index (κ1) is 13.4. The van der Waals surface area contributed by atoms with E-state index in [1.165, 1.54) is 0 Å². The molecule has 0 radical (unpaired) electrons. The molecule has 0 bridgehead atoms. The molecule has 0 amide bonds. The molecule has 1 heterocycles. The summed E-state index contributed by atoms with van der Waals surface area (Å²) in [6.45, 7) is 3.37. The van der Waals surface area contributed by atoms with Gasteiger partial charge in [0.15, 0.2) is 0 Å². The topological polar surface area (TPSA) is 65.8 Å². The summed E-state index contributed by atoms with van der Waals surface area (Å²) in [4.78, 5) is 12.2. The summed E-state index contributed by atoms with van der Waals surface area (Å²) >= 11 is 0. The molecule has 1 aromatic carbocycles. The lowest BCUT2D eigenvalue weighted by atomic mass is 10.3. The van der Waals surface area contributed by atoms with Crippen molar-refractivity contribution in [3.63, 3.8) is 0 Å². The predicted molar refractivity (Wildman–Crippen MR) is 66.3 cm³/mol. The molecule has 2 N–H and O–H groups in total. The molecular weight excluding hydrogens is 254 g/mol. The first-order valence-corrected chi connectivity index (χ1v) is 5.76. The molecule has 7 heteroatoms. The van der Waals surface area contributed by atoms with Crippen LogP contribution in [0.2, 0.25) is 0 Å². The lowest BCUT2D eigenvalue weighted by Crippen LogP contribution is -2.32. The Kier molecular flexibility index (Phi) is 3.23. The molecule has 0 atom stereocenters. The maximum atomic E-state index is 13.4. The third-order valence-corrected chi connectivity index (χ3v) is 2.60. The van der Waals surface area contributed by atoms with Crippen LogP contribution in [-0.4, -0.2) is 14.3 Å². The van der Waals surface area contributed by atoms with Crippen molar-refractivity contribution < 1.29 is 8.78 Å². The Labute approximate surface area is 108 Å². The predicted octanol–water partition coefficient (Wildman–Crippen LogP) is 1.62. The van der Waals surface area contributed by atoms with Crippen LogP contribution < -0.4 is 11.4 Å². The number of hydrogen-bond acceptors (Lipinski definition) is 3. The Hall–Kier alpha value is -2.02. The molecule has 0 saturated carbocycles. The first-order chi connectivity index (χ1) is 8.82. The zero-order chi connectivity index (χ0) is 14.2. The Morgan fingerprint density at radius 3 is 2.32 bits per heavy atom. The van der Waals surface area contributed by atoms with Crippen LogP contribution in [-0.2, 0) is 6.05 Å². The highest BCUT2D eigenvalue weighted by molar-refractivity contribution is 5.32. The lowest BCUT2D eigenvalue weighted by Gasteiger charge is -2.10. The third kappa shape index (κ3) is 2.41. The van der Waals surface area contributed by atoms with Crippen LogP contribution in [0.15, 0.2) is 35.1 Å². The number of rotatable bonds is 3. The summed E-state index contributed by atoms with van der Waals surface area (Å²) in [5.74, 6) is -0.766. The number of hydrogen-bond donors (Lipinski definition) is 1. The Balaban J connectivity index is 2.75. The van der Waals surface area contributed by atoms with Gasteiger partial charge in [0.05, 0.1) is 11.7 Å². The molecule has 5 nitrogen and oxygen atoms in total. The average molecular weight is 268 g/mol. The van der Waals surface area contributed by atoms with E-state index >= 15 is 0 Å². The van der Waals surface area contributed by atoms with Crippen molar-refractivity contribution in [3.8, 4) is 5.69 Å². The summed E-state index contributed by atoms with van der Waals surface area (Å²) in [7, 11) is 0. The minimum Gasteiger partial charge on any atom is -0.265 e. The summed E-state index contributed by atoms with van der Waals surface area (Å²) in [6, 6.07) is 4.08. The number of alkyl halides is 2. The van der Waals surface area contributed by atoms with Crippen LogP contribution in [0.3, 0.4) is 0 Å². The van der Waals surface area contributed by atoms with Crippen molar-refractivity contribution in [2.24, 2.45) is 5.73 Å². The second-order valence-electron chi connectivity index (χ2n) is 4.44. The molecule has 0 aliphatic heterocycles. The fourth-order valence-corrected chi connectivity index (χ4v) is 1.74. The number of nitrogens with zero attached hydrogens (tertiary/aromatic N) is 3. The molecule has 0 fully saturated rings. The normalized spacial score (nSPS) is 12.1. The largest absolute Gasteiger partial charge is 0.361 e. The van der Waals surface area contributed by atoms with Crippen molar-refractivity contribution >= 4 is 0 Å². The molecule has 19 heavy (non-hydrogen) atoms. The number of benzene rings is 1. The summed E-state index contributed by atoms with van der Waals surface area (Å²) in [5, 5.41) is 3.65. The average Bonchev–Trinajstić information content (AvgIpc) is 2.68. The lowest BCUT2D eigenvalue weighted by molar-refractivity contribution is -0.00896. The fraction of sp³-hybridized carbons (Fsp3) is 0.333. The van der Waals surface area contributed by atoms with Crippen LogP contribution in [0.25, 0.3) is 5.69 Å². The van der Waals surface area contributed by atoms with E-state index in [0.29, 0.717) is 5.69 Å². The molecule has 2 aromatic rings. The van der Waals surface area contributed by atoms with Gasteiger partial charge in [0.1, 0.15) is 0 Å². The van der Waals surface area contributed by atoms with Gasteiger partial charge in [-0.15, -0.1) is 5.10 Å². The van der Waals surface area contributed by atoms with Gasteiger partial charge in [0.2, 0.25) is 5.82 Å². The maximum Gasteiger partial charge on any atom is 0.361 e. The minimum atomic E-state index is -3.69. The molecule has 0 unspecified atom stereocenters. The Morgan fingerprint density at radius 1 is 1.26 bits per heavy atom. The molecule has 102 valence electrons. The van der Waals surface area contributed by atoms with Crippen molar-refractivity contribution in [1.82, 2.24) is 14.3 Å². The van der Waals surface area contributed by atoms with E-state index in [-0.39, 0.29) is 6.04 Å². The molecule has 1 aromatic heterocycles. The zero-order valence-electron chi connectivity index (χ0n) is 10.5. The number of nitrogens with two attached hydrogens (primary N) is 1. The molecule has 2 rings (SSSR count). The number of para-hydroxylation sites is 1. The highest BCUT2D eigenvalue weighted by Crippen LogP contribution is 2.21. The second kappa shape index (κ2) is 4.58. The minimum absolute atomic E-state index is 0.305. The van der Waals surface area contributed by atoms with Crippen LogP contribution >= 0.6 is 0 Å². The summed E-state index contributed by atoms with van der Waals surface area (Å²) in [6.07, 6.45) is 0. The van der Waals surface area contributed by atoms with Gasteiger partial charge in [-0.25, -0.2) is 14.0 Å². The van der Waals surface area contributed by atoms with Crippen molar-refractivity contribution in [3.05, 3.63) is 46.6 Å². The third-order valence-electron chi connectivity index (χ3n) is 2.60. The van der Waals surface area contributed by atoms with E-state index in [2.05, 4.69) is 5.10 Å². The fourth-order valence-electron chi connectivity index (χ4n) is 1.74. The van der Waals surface area contributed by atoms with Crippen molar-refractivity contribution in [1.29, 1.82) is 0 Å². The highest BCUT2D eigenvalue weighted by Gasteiger charge is 2.35. The standard InChI is InChI=1S/C12H14F2N4O/c1-8(2)18-11(19)17(9-6-4-3-5-7-9)10(16-18)12(13,14)15/h3-8H,15H2,1-2H3. The van der Waals surface area contributed by atoms with Gasteiger partial charge in [-0.2, -0.15) is 8.78 Å². The van der Waals surface area contributed by atoms with Gasteiger partial charge in [-0.1, -0.05) is 18.2 Å². The van der Waals surface area contributed by atoms with Crippen LogP contribution in [0.4, 0.5) is 8.78 Å². The monoisotopic (exact) mass is 268 g/mol. The van der Waals surface area contributed by atoms with E-state index in [4.69, 9.17) is 5.73 Å². The first-order valence-electron chi connectivity index (χ1n) is 5.76. The quantitative estimate of drug-likeness (QED) is 0.860. The van der Waals surface area contributed by atoms with Crippen molar-refractivity contribution in [2.75, 3.05) is 0 Å². The molecule has 0 aliphatic rings. The van der Waals surface area contributed by atoms with E-state index in [9.17, 15) is 13.6 Å². The van der Waals surface area contributed by atoms with Crippen LogP contribution in [0.1, 0.15) is 25.7 Å². The zero-order valence-corrected chi connectivity index (χ0v) is 10.5. The second-order valence-corrected chi connectivity index (χ2v) is 4.44. The summed E-state index contributed by atoms with van der Waals surface area (Å²) in [5.41, 5.74) is 4.48. The van der Waals surface area contributed by atoms with Gasteiger partial charge in [-0.05, 0) is 26.0 Å². The maximum absolute atomic E-state index is 13.4. The van der Waals surface area contributed by atoms with Crippen molar-refractivity contribution in [2.45, 2.75) is 25.9 Å². The van der Waals surface area contributed by atoms with E-state index in [1.54, 1.807) is 44.2 Å². The van der Waals surface area contributed by atoms with Crippen LogP contribution in [0.5, 0.6) is 0 Å². The SMILES string of the molecule is CC(C)n1nc(C(N)(F)F)n(-c2ccccc2)c1=O. The van der Waals surface area contributed by atoms with Crippen LogP contribution in [0, 0.1) is 0 Å². The highest BCUT2D eigenvalue weighted by atomic mass is 19.3. The number of halogens is 2. The molecular formula is C12H14F2N4O. The smallest absolute Gasteiger partial charge is 0.265 e.